The molecular weight excluding hydrogens is 432 g/mol. The molecule has 0 radical (unpaired) electrons. The summed E-state index contributed by atoms with van der Waals surface area (Å²) in [5.41, 5.74) is 3.19. The van der Waals surface area contributed by atoms with Gasteiger partial charge in [0.25, 0.3) is 0 Å². The first-order valence-corrected chi connectivity index (χ1v) is 17.8. The minimum absolute atomic E-state index is 0.146. The van der Waals surface area contributed by atoms with Gasteiger partial charge in [-0.25, -0.2) is 4.79 Å². The summed E-state index contributed by atoms with van der Waals surface area (Å²) in [7, 11) is -3.12. The lowest BCUT2D eigenvalue weighted by molar-refractivity contribution is 0.0525. The lowest BCUT2D eigenvalue weighted by Gasteiger charge is -2.36. The fourth-order valence-electron chi connectivity index (χ4n) is 2.97. The minimum Gasteiger partial charge on any atom is -0.543 e. The number of nitrogens with one attached hydrogen (secondary N) is 1. The van der Waals surface area contributed by atoms with Gasteiger partial charge in [0.1, 0.15) is 5.75 Å². The van der Waals surface area contributed by atoms with E-state index in [1.807, 2.05) is 18.2 Å². The van der Waals surface area contributed by atoms with E-state index < -0.39 is 16.4 Å². The number of esters is 1. The molecule has 0 aliphatic carbocycles. The van der Waals surface area contributed by atoms with Gasteiger partial charge in [0.15, 0.2) is 0 Å². The van der Waals surface area contributed by atoms with E-state index in [9.17, 15) is 4.79 Å². The quantitative estimate of drug-likeness (QED) is 0.296. The number of H-pyrrole nitrogens is 1. The van der Waals surface area contributed by atoms with Gasteiger partial charge in [0, 0.05) is 25.2 Å². The first-order chi connectivity index (χ1) is 14.7. The molecule has 2 aromatic heterocycles. The number of benzene rings is 1. The summed E-state index contributed by atoms with van der Waals surface area (Å²) in [6, 6.07) is 12.8. The molecule has 1 aromatic carbocycles. The lowest BCUT2D eigenvalue weighted by atomic mass is 10.2. The van der Waals surface area contributed by atoms with E-state index >= 15 is 0 Å². The minimum atomic E-state index is -1.89. The van der Waals surface area contributed by atoms with Gasteiger partial charge >= 0.3 is 5.97 Å². The molecule has 1 N–H and O–H groups in total. The molecule has 0 unspecified atom stereocenters. The molecule has 3 rings (SSSR count). The Balaban J connectivity index is 1.73. The predicted molar refractivity (Wildman–Crippen MR) is 138 cm³/mol. The topological polar surface area (TPSA) is 64.2 Å². The van der Waals surface area contributed by atoms with Crippen LogP contribution in [0.2, 0.25) is 43.8 Å². The van der Waals surface area contributed by atoms with Gasteiger partial charge in [-0.2, -0.15) is 0 Å². The van der Waals surface area contributed by atoms with Gasteiger partial charge in [-0.05, 0) is 60.6 Å². The maximum absolute atomic E-state index is 12.3. The molecule has 0 fully saturated rings. The molecule has 3 aromatic rings. The zero-order valence-corrected chi connectivity index (χ0v) is 22.6. The Hall–Kier alpha value is -2.39. The van der Waals surface area contributed by atoms with Crippen molar-refractivity contribution in [2.75, 3.05) is 6.61 Å². The largest absolute Gasteiger partial charge is 0.543 e. The highest BCUT2D eigenvalue weighted by Crippen LogP contribution is 2.38. The fraction of sp³-hybridized carbons (Fsp3) is 0.440. The number of hydrogen-bond donors (Lipinski definition) is 1. The number of carbonyl (C=O) groups excluding carboxylic acids is 1. The molecule has 0 bridgehead atoms. The summed E-state index contributed by atoms with van der Waals surface area (Å²) >= 11 is 0. The van der Waals surface area contributed by atoms with Crippen LogP contribution in [0.1, 0.15) is 31.1 Å². The van der Waals surface area contributed by atoms with Crippen LogP contribution < -0.4 is 4.43 Å². The second-order valence-corrected chi connectivity index (χ2v) is 21.5. The average Bonchev–Trinajstić information content (AvgIpc) is 3.09. The summed E-state index contributed by atoms with van der Waals surface area (Å²) in [5, 5.41) is 1.22. The van der Waals surface area contributed by atoms with Crippen molar-refractivity contribution >= 4 is 33.3 Å². The predicted octanol–water partition coefficient (Wildman–Crippen LogP) is 7.11. The van der Waals surface area contributed by atoms with Crippen LogP contribution in [0.3, 0.4) is 0 Å². The molecule has 0 saturated carbocycles. The van der Waals surface area contributed by atoms with Crippen molar-refractivity contribution < 1.29 is 14.0 Å². The Morgan fingerprint density at radius 3 is 2.34 bits per heavy atom. The number of ether oxygens (including phenoxy) is 1. The number of pyridine rings is 1. The average molecular weight is 469 g/mol. The molecule has 0 amide bonds. The van der Waals surface area contributed by atoms with Crippen LogP contribution in [0, 0.1) is 0 Å². The number of hydrogen-bond acceptors (Lipinski definition) is 4. The monoisotopic (exact) mass is 468 g/mol. The van der Waals surface area contributed by atoms with Crippen molar-refractivity contribution in [3.8, 4) is 17.1 Å². The molecular formula is C25H36N2O3Si2. The molecule has 172 valence electrons. The molecule has 2 heterocycles. The maximum atomic E-state index is 12.3. The molecule has 32 heavy (non-hydrogen) atoms. The van der Waals surface area contributed by atoms with Gasteiger partial charge in [-0.1, -0.05) is 40.4 Å². The van der Waals surface area contributed by atoms with Gasteiger partial charge in [-0.15, -0.1) is 0 Å². The van der Waals surface area contributed by atoms with Gasteiger partial charge in [-0.3, -0.25) is 4.98 Å². The molecule has 0 spiro atoms. The number of aromatic nitrogens is 2. The fourth-order valence-corrected chi connectivity index (χ4v) is 4.70. The first-order valence-electron chi connectivity index (χ1n) is 11.2. The number of carbonyl (C=O) groups is 1. The Morgan fingerprint density at radius 1 is 1.03 bits per heavy atom. The van der Waals surface area contributed by atoms with E-state index in [4.69, 9.17) is 9.16 Å². The number of aromatic amines is 1. The molecule has 0 aliphatic heterocycles. The van der Waals surface area contributed by atoms with Crippen LogP contribution in [0.25, 0.3) is 22.3 Å². The summed E-state index contributed by atoms with van der Waals surface area (Å²) in [4.78, 5) is 20.2. The van der Waals surface area contributed by atoms with E-state index in [0.717, 1.165) is 34.1 Å². The van der Waals surface area contributed by atoms with Crippen molar-refractivity contribution in [2.24, 2.45) is 0 Å². The van der Waals surface area contributed by atoms with Crippen LogP contribution >= 0.6 is 0 Å². The van der Waals surface area contributed by atoms with E-state index in [1.54, 1.807) is 12.3 Å². The third-order valence-corrected chi connectivity index (χ3v) is 12.2. The normalized spacial score (nSPS) is 12.8. The van der Waals surface area contributed by atoms with E-state index in [2.05, 4.69) is 75.6 Å². The second-order valence-electron chi connectivity index (χ2n) is 11.2. The summed E-state index contributed by atoms with van der Waals surface area (Å²) < 4.78 is 11.9. The summed E-state index contributed by atoms with van der Waals surface area (Å²) in [6.45, 7) is 18.5. The van der Waals surface area contributed by atoms with Crippen molar-refractivity contribution in [3.05, 3.63) is 48.2 Å². The summed E-state index contributed by atoms with van der Waals surface area (Å²) in [6.07, 6.45) is 1.59. The second kappa shape index (κ2) is 8.86. The van der Waals surface area contributed by atoms with Gasteiger partial charge < -0.3 is 14.1 Å². The first kappa shape index (κ1) is 24.3. The summed E-state index contributed by atoms with van der Waals surface area (Å²) in [5.74, 6) is 0.588. The Labute approximate surface area is 193 Å². The zero-order chi connectivity index (χ0) is 23.7. The standard InChI is InChI=1S/C25H36N2O3Si2/c1-25(2,3)32(7,8)30-20-10-12-21-19(15-20)16-23(27-21)22-11-9-18(17-26-22)24(28)29-13-14-31(4,5)6/h9-12,15-17,27H,13-14H2,1-8H3. The van der Waals surface area contributed by atoms with Crippen molar-refractivity contribution in [1.29, 1.82) is 0 Å². The van der Waals surface area contributed by atoms with Gasteiger partial charge in [0.05, 0.1) is 23.6 Å². The van der Waals surface area contributed by atoms with E-state index in [-0.39, 0.29) is 11.0 Å². The SMILES string of the molecule is CC(C)(C)[Si](C)(C)Oc1ccc2[nH]c(-c3ccc(C(=O)OCC[Si](C)(C)C)cn3)cc2c1. The van der Waals surface area contributed by atoms with Crippen LogP contribution in [0.4, 0.5) is 0 Å². The lowest BCUT2D eigenvalue weighted by Crippen LogP contribution is -2.43. The van der Waals surface area contributed by atoms with Crippen LogP contribution in [0.5, 0.6) is 5.75 Å². The van der Waals surface area contributed by atoms with Crippen LogP contribution in [-0.2, 0) is 4.74 Å². The maximum Gasteiger partial charge on any atom is 0.339 e. The zero-order valence-electron chi connectivity index (χ0n) is 20.6. The highest BCUT2D eigenvalue weighted by Gasteiger charge is 2.39. The number of rotatable bonds is 7. The Kier molecular flexibility index (Phi) is 6.72. The highest BCUT2D eigenvalue weighted by atomic mass is 28.4. The smallest absolute Gasteiger partial charge is 0.339 e. The molecule has 0 aliphatic rings. The Bertz CT molecular complexity index is 1090. The Morgan fingerprint density at radius 2 is 1.75 bits per heavy atom. The van der Waals surface area contributed by atoms with Crippen LogP contribution in [-0.4, -0.2) is 38.9 Å². The number of nitrogens with zero attached hydrogens (tertiary/aromatic N) is 1. The van der Waals surface area contributed by atoms with Gasteiger partial charge in [0.2, 0.25) is 8.32 Å². The molecule has 0 atom stereocenters. The molecule has 7 heteroatoms. The van der Waals surface area contributed by atoms with Crippen molar-refractivity contribution in [1.82, 2.24) is 9.97 Å². The molecule has 0 saturated heterocycles. The third kappa shape index (κ3) is 5.89. The molecule has 5 nitrogen and oxygen atoms in total. The van der Waals surface area contributed by atoms with E-state index in [1.165, 1.54) is 0 Å². The third-order valence-electron chi connectivity index (χ3n) is 6.13. The van der Waals surface area contributed by atoms with Crippen molar-refractivity contribution in [2.45, 2.75) is 64.6 Å². The van der Waals surface area contributed by atoms with E-state index in [0.29, 0.717) is 12.2 Å². The van der Waals surface area contributed by atoms with Crippen LogP contribution in [0.15, 0.2) is 42.6 Å². The number of fused-ring (bicyclic) bond motifs is 1. The highest BCUT2D eigenvalue weighted by molar-refractivity contribution is 6.76. The van der Waals surface area contributed by atoms with Crippen molar-refractivity contribution in [3.63, 3.8) is 0 Å².